The predicted octanol–water partition coefficient (Wildman–Crippen LogP) is 4.17. The van der Waals surface area contributed by atoms with Gasteiger partial charge in [0, 0.05) is 0 Å². The monoisotopic (exact) mass is 191 g/mol. The molecule has 0 aliphatic carbocycles. The maximum absolute atomic E-state index is 8.45. The van der Waals surface area contributed by atoms with Crippen molar-refractivity contribution >= 4 is 0 Å². The van der Waals surface area contributed by atoms with Gasteiger partial charge in [0.05, 0.1) is 11.6 Å². The molecule has 1 aromatic rings. The van der Waals surface area contributed by atoms with E-state index in [1.54, 1.807) is 0 Å². The number of nitrogens with zero attached hydrogens (tertiary/aromatic N) is 1. The van der Waals surface area contributed by atoms with Crippen molar-refractivity contribution in [2.24, 2.45) is 0 Å². The summed E-state index contributed by atoms with van der Waals surface area (Å²) in [7, 11) is 0. The molecular formula is C13H21N. The lowest BCUT2D eigenvalue weighted by Gasteiger charge is -1.92. The topological polar surface area (TPSA) is 23.8 Å². The van der Waals surface area contributed by atoms with Crippen molar-refractivity contribution in [1.82, 2.24) is 0 Å². The molecule has 0 N–H and O–H groups in total. The summed E-state index contributed by atoms with van der Waals surface area (Å²) in [5.74, 6) is 0. The Hall–Kier alpha value is -1.29. The summed E-state index contributed by atoms with van der Waals surface area (Å²) in [6.45, 7) is 10.1. The number of nitriles is 1. The van der Waals surface area contributed by atoms with Crippen molar-refractivity contribution in [1.29, 1.82) is 5.26 Å². The van der Waals surface area contributed by atoms with Crippen LogP contribution in [0, 0.1) is 11.3 Å². The van der Waals surface area contributed by atoms with Crippen LogP contribution in [0.2, 0.25) is 0 Å². The largest absolute Gasteiger partial charge is 0.192 e. The summed E-state index contributed by atoms with van der Waals surface area (Å²) in [6, 6.07) is 9.74. The lowest BCUT2D eigenvalue weighted by Crippen LogP contribution is -1.78. The molecule has 0 atom stereocenters. The fraction of sp³-hybridized carbons (Fsp3) is 0.462. The van der Waals surface area contributed by atoms with E-state index in [1.165, 1.54) is 5.56 Å². The minimum Gasteiger partial charge on any atom is -0.192 e. The van der Waals surface area contributed by atoms with Gasteiger partial charge in [0.2, 0.25) is 0 Å². The molecule has 0 aromatic heterocycles. The Morgan fingerprint density at radius 3 is 1.71 bits per heavy atom. The molecule has 0 heterocycles. The fourth-order valence-corrected chi connectivity index (χ4v) is 0.815. The lowest BCUT2D eigenvalue weighted by atomic mass is 10.1. The Morgan fingerprint density at radius 1 is 1.00 bits per heavy atom. The van der Waals surface area contributed by atoms with Crippen LogP contribution in [0.5, 0.6) is 0 Å². The lowest BCUT2D eigenvalue weighted by molar-refractivity contribution is 1.14. The van der Waals surface area contributed by atoms with Gasteiger partial charge in [-0.15, -0.1) is 0 Å². The molecule has 1 rings (SSSR count). The molecule has 0 bridgehead atoms. The molecule has 0 aliphatic rings. The Labute approximate surface area is 88.4 Å². The van der Waals surface area contributed by atoms with Gasteiger partial charge < -0.3 is 0 Å². The van der Waals surface area contributed by atoms with E-state index in [-0.39, 0.29) is 0 Å². The van der Waals surface area contributed by atoms with Gasteiger partial charge in [0.1, 0.15) is 0 Å². The van der Waals surface area contributed by atoms with Gasteiger partial charge in [-0.05, 0) is 24.1 Å². The Morgan fingerprint density at radius 2 is 1.43 bits per heavy atom. The van der Waals surface area contributed by atoms with Crippen LogP contribution < -0.4 is 0 Å². The van der Waals surface area contributed by atoms with Gasteiger partial charge in [-0.25, -0.2) is 0 Å². The third-order valence-corrected chi connectivity index (χ3v) is 1.49. The second-order valence-electron chi connectivity index (χ2n) is 2.16. The van der Waals surface area contributed by atoms with Crippen molar-refractivity contribution in [2.75, 3.05) is 0 Å². The van der Waals surface area contributed by atoms with Gasteiger partial charge in [0.25, 0.3) is 0 Å². The van der Waals surface area contributed by atoms with Crippen molar-refractivity contribution in [3.63, 3.8) is 0 Å². The third-order valence-electron chi connectivity index (χ3n) is 1.49. The molecule has 78 valence electrons. The van der Waals surface area contributed by atoms with Crippen LogP contribution in [0.3, 0.4) is 0 Å². The zero-order chi connectivity index (χ0) is 11.4. The van der Waals surface area contributed by atoms with Crippen LogP contribution in [0.25, 0.3) is 0 Å². The average Bonchev–Trinajstić information content (AvgIpc) is 2.34. The van der Waals surface area contributed by atoms with Crippen molar-refractivity contribution < 1.29 is 0 Å². The van der Waals surface area contributed by atoms with E-state index < -0.39 is 0 Å². The van der Waals surface area contributed by atoms with E-state index in [0.29, 0.717) is 0 Å². The molecule has 0 unspecified atom stereocenters. The highest BCUT2D eigenvalue weighted by Crippen LogP contribution is 2.02. The first kappa shape index (κ1) is 15.2. The Balaban J connectivity index is 0. The summed E-state index contributed by atoms with van der Waals surface area (Å²) in [5, 5.41) is 8.45. The molecule has 1 nitrogen and oxygen atoms in total. The highest BCUT2D eigenvalue weighted by atomic mass is 14.2. The van der Waals surface area contributed by atoms with Crippen molar-refractivity contribution in [2.45, 2.75) is 41.0 Å². The molecular weight excluding hydrogens is 170 g/mol. The minimum absolute atomic E-state index is 0.734. The molecule has 14 heavy (non-hydrogen) atoms. The normalized spacial score (nSPS) is 7.14. The standard InChI is InChI=1S/C9H9N.2C2H6/c1-2-8-3-5-9(7-10)6-4-8;2*1-2/h3-6H,2H2,1H3;2*1-2H3. The maximum Gasteiger partial charge on any atom is 0.0991 e. The zero-order valence-corrected chi connectivity index (χ0v) is 9.96. The molecule has 0 aliphatic heterocycles. The van der Waals surface area contributed by atoms with Gasteiger partial charge in [-0.3, -0.25) is 0 Å². The van der Waals surface area contributed by atoms with Crippen LogP contribution in [0.15, 0.2) is 24.3 Å². The van der Waals surface area contributed by atoms with E-state index in [4.69, 9.17) is 5.26 Å². The first-order valence-corrected chi connectivity index (χ1v) is 5.36. The second-order valence-corrected chi connectivity index (χ2v) is 2.16. The van der Waals surface area contributed by atoms with Crippen LogP contribution >= 0.6 is 0 Å². The number of benzene rings is 1. The first-order valence-electron chi connectivity index (χ1n) is 5.36. The quantitative estimate of drug-likeness (QED) is 0.653. The van der Waals surface area contributed by atoms with Crippen molar-refractivity contribution in [3.8, 4) is 6.07 Å². The van der Waals surface area contributed by atoms with E-state index in [0.717, 1.165) is 12.0 Å². The van der Waals surface area contributed by atoms with Crippen LogP contribution in [0.4, 0.5) is 0 Å². The first-order chi connectivity index (χ1) is 6.86. The van der Waals surface area contributed by atoms with Gasteiger partial charge in [-0.1, -0.05) is 46.8 Å². The van der Waals surface area contributed by atoms with E-state index >= 15 is 0 Å². The van der Waals surface area contributed by atoms with Crippen LogP contribution in [-0.2, 0) is 6.42 Å². The zero-order valence-electron chi connectivity index (χ0n) is 9.96. The van der Waals surface area contributed by atoms with Crippen LogP contribution in [0.1, 0.15) is 45.7 Å². The number of rotatable bonds is 1. The van der Waals surface area contributed by atoms with Gasteiger partial charge >= 0.3 is 0 Å². The van der Waals surface area contributed by atoms with Crippen LogP contribution in [-0.4, -0.2) is 0 Å². The summed E-state index contributed by atoms with van der Waals surface area (Å²) in [4.78, 5) is 0. The molecule has 1 heteroatoms. The molecule has 0 saturated heterocycles. The molecule has 0 saturated carbocycles. The number of hydrogen-bond donors (Lipinski definition) is 0. The Bertz CT molecular complexity index is 241. The second kappa shape index (κ2) is 11.7. The highest BCUT2D eigenvalue weighted by molar-refractivity contribution is 5.31. The summed E-state index contributed by atoms with van der Waals surface area (Å²) in [6.07, 6.45) is 1.03. The van der Waals surface area contributed by atoms with E-state index in [9.17, 15) is 0 Å². The maximum atomic E-state index is 8.45. The Kier molecular flexibility index (Phi) is 12.7. The average molecular weight is 191 g/mol. The fourth-order valence-electron chi connectivity index (χ4n) is 0.815. The van der Waals surface area contributed by atoms with Gasteiger partial charge in [-0.2, -0.15) is 5.26 Å². The SMILES string of the molecule is CC.CC.CCc1ccc(C#N)cc1. The summed E-state index contributed by atoms with van der Waals surface area (Å²) in [5.41, 5.74) is 2.01. The smallest absolute Gasteiger partial charge is 0.0991 e. The number of hydrogen-bond acceptors (Lipinski definition) is 1. The summed E-state index contributed by atoms with van der Waals surface area (Å²) < 4.78 is 0. The molecule has 0 radical (unpaired) electrons. The number of aryl methyl sites for hydroxylation is 1. The van der Waals surface area contributed by atoms with E-state index in [2.05, 4.69) is 13.0 Å². The molecule has 0 amide bonds. The van der Waals surface area contributed by atoms with E-state index in [1.807, 2.05) is 52.0 Å². The molecule has 0 spiro atoms. The third kappa shape index (κ3) is 6.25. The minimum atomic E-state index is 0.734. The van der Waals surface area contributed by atoms with Crippen molar-refractivity contribution in [3.05, 3.63) is 35.4 Å². The molecule has 1 aromatic carbocycles. The summed E-state index contributed by atoms with van der Waals surface area (Å²) >= 11 is 0. The predicted molar refractivity (Wildman–Crippen MR) is 63.2 cm³/mol. The van der Waals surface area contributed by atoms with Gasteiger partial charge in [0.15, 0.2) is 0 Å². The molecule has 0 fully saturated rings. The highest BCUT2D eigenvalue weighted by Gasteiger charge is 1.88.